The molecule has 1 saturated carbocycles. The Morgan fingerprint density at radius 2 is 1.71 bits per heavy atom. The number of hydrogen-bond donors (Lipinski definition) is 2. The number of thiazole rings is 1. The first-order valence-corrected chi connectivity index (χ1v) is 12.7. The molecule has 1 heterocycles. The van der Waals surface area contributed by atoms with E-state index in [-0.39, 0.29) is 29.7 Å². The van der Waals surface area contributed by atoms with Crippen molar-refractivity contribution in [1.29, 1.82) is 0 Å². The second kappa shape index (κ2) is 10.0. The van der Waals surface area contributed by atoms with Gasteiger partial charge in [-0.25, -0.2) is 4.98 Å². The van der Waals surface area contributed by atoms with Gasteiger partial charge in [0, 0.05) is 28.1 Å². The van der Waals surface area contributed by atoms with Crippen molar-refractivity contribution in [2.75, 3.05) is 5.32 Å². The van der Waals surface area contributed by atoms with Crippen molar-refractivity contribution < 1.29 is 18.0 Å². The van der Waals surface area contributed by atoms with Gasteiger partial charge >= 0.3 is 6.18 Å². The minimum atomic E-state index is -4.35. The van der Waals surface area contributed by atoms with E-state index in [0.29, 0.717) is 17.1 Å². The number of aromatic nitrogens is 1. The molecule has 186 valence electrons. The van der Waals surface area contributed by atoms with Crippen LogP contribution in [0.1, 0.15) is 67.6 Å². The van der Waals surface area contributed by atoms with Gasteiger partial charge in [0.1, 0.15) is 5.01 Å². The number of halogens is 3. The lowest BCUT2D eigenvalue weighted by atomic mass is 10.1. The Morgan fingerprint density at radius 3 is 2.29 bits per heavy atom. The third-order valence-corrected chi connectivity index (χ3v) is 7.20. The van der Waals surface area contributed by atoms with Gasteiger partial charge < -0.3 is 10.6 Å². The highest BCUT2D eigenvalue weighted by Crippen LogP contribution is 2.47. The first-order valence-electron chi connectivity index (χ1n) is 11.8. The summed E-state index contributed by atoms with van der Waals surface area (Å²) in [6.45, 7) is 8.64. The molecule has 1 aliphatic rings. The van der Waals surface area contributed by atoms with Gasteiger partial charge in [-0.1, -0.05) is 38.1 Å². The van der Waals surface area contributed by atoms with Crippen molar-refractivity contribution >= 4 is 22.9 Å². The van der Waals surface area contributed by atoms with Gasteiger partial charge in [-0.3, -0.25) is 4.79 Å². The quantitative estimate of drug-likeness (QED) is 0.343. The molecule has 3 aromatic rings. The summed E-state index contributed by atoms with van der Waals surface area (Å²) >= 11 is 1.50. The molecule has 4 nitrogen and oxygen atoms in total. The van der Waals surface area contributed by atoms with Crippen LogP contribution in [0.3, 0.4) is 0 Å². The number of amides is 1. The first-order chi connectivity index (χ1) is 16.5. The first kappa shape index (κ1) is 25.2. The minimum Gasteiger partial charge on any atom is -0.380 e. The number of benzene rings is 2. The highest BCUT2D eigenvalue weighted by molar-refractivity contribution is 7.15. The van der Waals surface area contributed by atoms with E-state index in [1.54, 1.807) is 0 Å². The highest BCUT2D eigenvalue weighted by atomic mass is 32.1. The van der Waals surface area contributed by atoms with E-state index < -0.39 is 11.7 Å². The maximum absolute atomic E-state index is 12.9. The average molecular weight is 502 g/mol. The molecule has 0 radical (unpaired) electrons. The van der Waals surface area contributed by atoms with Crippen molar-refractivity contribution in [1.82, 2.24) is 10.3 Å². The van der Waals surface area contributed by atoms with E-state index in [2.05, 4.69) is 36.6 Å². The number of anilines is 1. The Balaban J connectivity index is 1.41. The molecular weight excluding hydrogens is 471 g/mol. The standard InChI is InChI=1S/C27H30F3N3OS/c1-15(2)24-23(35-26(33-24)18-5-9-19(10-6-18)27(28,29)30)14-31-20-11-7-17(8-12-20)21-13-22(21)25(34)32-16(3)4/h5-12,15-16,21-22,31H,13-14H2,1-4H3,(H,32,34)/t21-,22+/m0/s1. The van der Waals surface area contributed by atoms with Crippen LogP contribution in [0, 0.1) is 5.92 Å². The summed E-state index contributed by atoms with van der Waals surface area (Å²) in [6, 6.07) is 13.5. The Labute approximate surface area is 208 Å². The Morgan fingerprint density at radius 1 is 1.06 bits per heavy atom. The van der Waals surface area contributed by atoms with Crippen molar-refractivity contribution in [3.63, 3.8) is 0 Å². The number of nitrogens with one attached hydrogen (secondary N) is 2. The molecule has 1 fully saturated rings. The van der Waals surface area contributed by atoms with E-state index in [4.69, 9.17) is 4.98 Å². The molecule has 4 rings (SSSR count). The highest BCUT2D eigenvalue weighted by Gasteiger charge is 2.43. The molecule has 1 aliphatic carbocycles. The van der Waals surface area contributed by atoms with Gasteiger partial charge in [-0.15, -0.1) is 11.3 Å². The topological polar surface area (TPSA) is 54.0 Å². The predicted octanol–water partition coefficient (Wildman–Crippen LogP) is 7.19. The summed E-state index contributed by atoms with van der Waals surface area (Å²) < 4.78 is 38.7. The van der Waals surface area contributed by atoms with Crippen molar-refractivity contribution in [3.05, 3.63) is 70.2 Å². The molecule has 0 bridgehead atoms. The van der Waals surface area contributed by atoms with Gasteiger partial charge in [-0.05, 0) is 61.9 Å². The predicted molar refractivity (Wildman–Crippen MR) is 135 cm³/mol. The van der Waals surface area contributed by atoms with E-state index in [9.17, 15) is 18.0 Å². The Bertz CT molecular complexity index is 1170. The van der Waals surface area contributed by atoms with Crippen LogP contribution < -0.4 is 10.6 Å². The number of hydrogen-bond acceptors (Lipinski definition) is 4. The summed E-state index contributed by atoms with van der Waals surface area (Å²) in [4.78, 5) is 18.0. The summed E-state index contributed by atoms with van der Waals surface area (Å²) in [5, 5.41) is 7.14. The summed E-state index contributed by atoms with van der Waals surface area (Å²) in [7, 11) is 0. The lowest BCUT2D eigenvalue weighted by molar-refractivity contribution is -0.137. The second-order valence-electron chi connectivity index (χ2n) is 9.64. The van der Waals surface area contributed by atoms with Crippen LogP contribution in [0.2, 0.25) is 0 Å². The SMILES string of the molecule is CC(C)NC(=O)[C@@H]1C[C@H]1c1ccc(NCc2sc(-c3ccc(C(F)(F)F)cc3)nc2C(C)C)cc1. The number of rotatable bonds is 8. The smallest absolute Gasteiger partial charge is 0.380 e. The zero-order chi connectivity index (χ0) is 25.3. The fraction of sp³-hybridized carbons (Fsp3) is 0.407. The van der Waals surface area contributed by atoms with E-state index >= 15 is 0 Å². The van der Waals surface area contributed by atoms with Crippen LogP contribution in [0.4, 0.5) is 18.9 Å². The maximum atomic E-state index is 12.9. The van der Waals surface area contributed by atoms with Gasteiger partial charge in [-0.2, -0.15) is 13.2 Å². The fourth-order valence-corrected chi connectivity index (χ4v) is 5.30. The molecule has 2 atom stereocenters. The summed E-state index contributed by atoms with van der Waals surface area (Å²) in [6.07, 6.45) is -3.47. The summed E-state index contributed by atoms with van der Waals surface area (Å²) in [5.74, 6) is 0.661. The molecule has 0 spiro atoms. The van der Waals surface area contributed by atoms with Crippen LogP contribution >= 0.6 is 11.3 Å². The maximum Gasteiger partial charge on any atom is 0.416 e. The molecule has 0 unspecified atom stereocenters. The second-order valence-corrected chi connectivity index (χ2v) is 10.7. The van der Waals surface area contributed by atoms with Gasteiger partial charge in [0.15, 0.2) is 0 Å². The number of carbonyl (C=O) groups is 1. The monoisotopic (exact) mass is 501 g/mol. The lowest BCUT2D eigenvalue weighted by Crippen LogP contribution is -2.31. The normalized spacial score (nSPS) is 17.6. The molecule has 35 heavy (non-hydrogen) atoms. The number of alkyl halides is 3. The van der Waals surface area contributed by atoms with Crippen LogP contribution in [0.25, 0.3) is 10.6 Å². The molecule has 8 heteroatoms. The van der Waals surface area contributed by atoms with Crippen molar-refractivity contribution in [2.24, 2.45) is 5.92 Å². The molecule has 1 aromatic heterocycles. The molecular formula is C27H30F3N3OS. The van der Waals surface area contributed by atoms with Crippen molar-refractivity contribution in [3.8, 4) is 10.6 Å². The largest absolute Gasteiger partial charge is 0.416 e. The summed E-state index contributed by atoms with van der Waals surface area (Å²) in [5.41, 5.74) is 3.11. The van der Waals surface area contributed by atoms with Crippen LogP contribution in [-0.4, -0.2) is 16.9 Å². The zero-order valence-corrected chi connectivity index (χ0v) is 21.1. The molecule has 0 aliphatic heterocycles. The van der Waals surface area contributed by atoms with E-state index in [0.717, 1.165) is 34.8 Å². The third kappa shape index (κ3) is 6.04. The van der Waals surface area contributed by atoms with Gasteiger partial charge in [0.2, 0.25) is 5.91 Å². The average Bonchev–Trinajstić information content (AvgIpc) is 3.49. The fourth-order valence-electron chi connectivity index (χ4n) is 4.14. The lowest BCUT2D eigenvalue weighted by Gasteiger charge is -2.10. The van der Waals surface area contributed by atoms with Crippen LogP contribution in [0.5, 0.6) is 0 Å². The van der Waals surface area contributed by atoms with Crippen LogP contribution in [-0.2, 0) is 17.5 Å². The number of carbonyl (C=O) groups excluding carboxylic acids is 1. The number of nitrogens with zero attached hydrogens (tertiary/aromatic N) is 1. The van der Waals surface area contributed by atoms with Crippen molar-refractivity contribution in [2.45, 2.75) is 64.7 Å². The molecule has 2 N–H and O–H groups in total. The molecule has 2 aromatic carbocycles. The van der Waals surface area contributed by atoms with Gasteiger partial charge in [0.05, 0.1) is 17.8 Å². The Kier molecular flexibility index (Phi) is 7.22. The van der Waals surface area contributed by atoms with Crippen LogP contribution in [0.15, 0.2) is 48.5 Å². The molecule has 0 saturated heterocycles. The zero-order valence-electron chi connectivity index (χ0n) is 20.2. The third-order valence-electron chi connectivity index (χ3n) is 6.08. The van der Waals surface area contributed by atoms with Gasteiger partial charge in [0.25, 0.3) is 0 Å². The van der Waals surface area contributed by atoms with E-state index in [1.807, 2.05) is 26.0 Å². The Hall–Kier alpha value is -2.87. The molecule has 1 amide bonds. The minimum absolute atomic E-state index is 0.0608. The van der Waals surface area contributed by atoms with E-state index in [1.165, 1.54) is 29.0 Å².